The highest BCUT2D eigenvalue weighted by atomic mass is 19.3. The first-order valence-corrected chi connectivity index (χ1v) is 5.92. The molecule has 7 heteroatoms. The van der Waals surface area contributed by atoms with Crippen LogP contribution in [0.3, 0.4) is 0 Å². The molecule has 0 aliphatic carbocycles. The molecule has 0 unspecified atom stereocenters. The molecule has 0 radical (unpaired) electrons. The Morgan fingerprint density at radius 3 is 2.74 bits per heavy atom. The number of carbonyl (C=O) groups is 1. The van der Waals surface area contributed by atoms with Crippen LogP contribution in [-0.4, -0.2) is 46.1 Å². The number of likely N-dealkylation sites (tertiary alicyclic amines) is 1. The summed E-state index contributed by atoms with van der Waals surface area (Å²) in [5.74, 6) is -3.94. The molecule has 0 atom stereocenters. The number of halogens is 2. The van der Waals surface area contributed by atoms with Crippen LogP contribution in [0, 0.1) is 0 Å². The van der Waals surface area contributed by atoms with E-state index in [1.165, 1.54) is 22.9 Å². The second-order valence-corrected chi connectivity index (χ2v) is 4.61. The van der Waals surface area contributed by atoms with Gasteiger partial charge < -0.3 is 9.67 Å². The highest BCUT2D eigenvalue weighted by molar-refractivity contribution is 5.86. The van der Waals surface area contributed by atoms with Gasteiger partial charge in [-0.15, -0.1) is 0 Å². The number of rotatable bonds is 4. The van der Waals surface area contributed by atoms with Crippen molar-refractivity contribution < 1.29 is 18.7 Å². The molecule has 1 aromatic rings. The van der Waals surface area contributed by atoms with E-state index in [1.54, 1.807) is 4.90 Å². The zero-order valence-electron chi connectivity index (χ0n) is 10.2. The Kier molecular flexibility index (Phi) is 3.66. The van der Waals surface area contributed by atoms with Gasteiger partial charge in [-0.2, -0.15) is 0 Å². The van der Waals surface area contributed by atoms with Gasteiger partial charge in [0.2, 0.25) is 0 Å². The highest BCUT2D eigenvalue weighted by Crippen LogP contribution is 2.26. The first-order chi connectivity index (χ1) is 8.89. The van der Waals surface area contributed by atoms with Crippen molar-refractivity contribution in [2.75, 3.05) is 19.6 Å². The molecule has 0 spiro atoms. The SMILES string of the molecule is O=C(O)c1cccn(CCN2CCC(F)(F)C2)c1=O. The molecule has 5 nitrogen and oxygen atoms in total. The van der Waals surface area contributed by atoms with Crippen molar-refractivity contribution in [1.82, 2.24) is 9.47 Å². The summed E-state index contributed by atoms with van der Waals surface area (Å²) in [6.07, 6.45) is 1.29. The largest absolute Gasteiger partial charge is 0.477 e. The molecule has 2 rings (SSSR count). The van der Waals surface area contributed by atoms with E-state index < -0.39 is 17.5 Å². The quantitative estimate of drug-likeness (QED) is 0.884. The smallest absolute Gasteiger partial charge is 0.341 e. The standard InChI is InChI=1S/C12H14F2N2O3/c13-12(14)3-5-15(8-12)6-7-16-4-1-2-9(10(16)17)11(18)19/h1-2,4H,3,5-8H2,(H,18,19). The number of carboxylic acid groups (broad SMARTS) is 1. The second-order valence-electron chi connectivity index (χ2n) is 4.61. The number of aromatic carboxylic acids is 1. The third-order valence-corrected chi connectivity index (χ3v) is 3.16. The van der Waals surface area contributed by atoms with Gasteiger partial charge in [-0.1, -0.05) is 0 Å². The summed E-state index contributed by atoms with van der Waals surface area (Å²) >= 11 is 0. The van der Waals surface area contributed by atoms with Gasteiger partial charge in [0, 0.05) is 32.3 Å². The van der Waals surface area contributed by atoms with Crippen LogP contribution >= 0.6 is 0 Å². The number of nitrogens with zero attached hydrogens (tertiary/aromatic N) is 2. The Morgan fingerprint density at radius 1 is 1.42 bits per heavy atom. The molecule has 1 aliphatic heterocycles. The maximum atomic E-state index is 13.0. The van der Waals surface area contributed by atoms with E-state index >= 15 is 0 Å². The molecule has 2 heterocycles. The molecule has 0 saturated carbocycles. The van der Waals surface area contributed by atoms with Gasteiger partial charge in [0.25, 0.3) is 11.5 Å². The van der Waals surface area contributed by atoms with Gasteiger partial charge in [-0.25, -0.2) is 13.6 Å². The van der Waals surface area contributed by atoms with Crippen LogP contribution in [0.2, 0.25) is 0 Å². The van der Waals surface area contributed by atoms with Gasteiger partial charge in [0.05, 0.1) is 6.54 Å². The van der Waals surface area contributed by atoms with Crippen molar-refractivity contribution in [1.29, 1.82) is 0 Å². The maximum Gasteiger partial charge on any atom is 0.341 e. The lowest BCUT2D eigenvalue weighted by Crippen LogP contribution is -2.32. The number of hydrogen-bond donors (Lipinski definition) is 1. The number of hydrogen-bond acceptors (Lipinski definition) is 3. The molecular weight excluding hydrogens is 258 g/mol. The van der Waals surface area contributed by atoms with Crippen molar-refractivity contribution in [3.8, 4) is 0 Å². The van der Waals surface area contributed by atoms with E-state index in [-0.39, 0.29) is 25.1 Å². The molecule has 1 fully saturated rings. The molecule has 104 valence electrons. The fraction of sp³-hybridized carbons (Fsp3) is 0.500. The number of aromatic nitrogens is 1. The topological polar surface area (TPSA) is 62.5 Å². The summed E-state index contributed by atoms with van der Waals surface area (Å²) in [6.45, 7) is 0.495. The molecule has 19 heavy (non-hydrogen) atoms. The van der Waals surface area contributed by atoms with Crippen LogP contribution in [0.25, 0.3) is 0 Å². The van der Waals surface area contributed by atoms with Gasteiger partial charge in [-0.3, -0.25) is 9.69 Å². The molecule has 1 aliphatic rings. The van der Waals surface area contributed by atoms with E-state index in [2.05, 4.69) is 0 Å². The van der Waals surface area contributed by atoms with E-state index in [0.29, 0.717) is 13.1 Å². The normalized spacial score (nSPS) is 18.6. The minimum absolute atomic E-state index is 0.170. The lowest BCUT2D eigenvalue weighted by Gasteiger charge is -2.16. The Hall–Kier alpha value is -1.76. The van der Waals surface area contributed by atoms with Gasteiger partial charge in [-0.05, 0) is 12.1 Å². The zero-order chi connectivity index (χ0) is 14.0. The fourth-order valence-electron chi connectivity index (χ4n) is 2.12. The van der Waals surface area contributed by atoms with Crippen LogP contribution in [0.1, 0.15) is 16.8 Å². The van der Waals surface area contributed by atoms with Crippen LogP contribution in [0.4, 0.5) is 8.78 Å². The van der Waals surface area contributed by atoms with Crippen LogP contribution < -0.4 is 5.56 Å². The number of pyridine rings is 1. The van der Waals surface area contributed by atoms with Crippen LogP contribution in [0.5, 0.6) is 0 Å². The first-order valence-electron chi connectivity index (χ1n) is 5.92. The number of alkyl halides is 2. The van der Waals surface area contributed by atoms with Crippen LogP contribution in [0.15, 0.2) is 23.1 Å². The van der Waals surface area contributed by atoms with Crippen molar-refractivity contribution in [2.24, 2.45) is 0 Å². The molecule has 1 saturated heterocycles. The summed E-state index contributed by atoms with van der Waals surface area (Å²) in [6, 6.07) is 2.69. The average Bonchev–Trinajstić information content (AvgIpc) is 2.67. The highest BCUT2D eigenvalue weighted by Gasteiger charge is 2.37. The Bertz CT molecular complexity index is 542. The molecular formula is C12H14F2N2O3. The van der Waals surface area contributed by atoms with E-state index in [0.717, 1.165) is 0 Å². The first kappa shape index (κ1) is 13.7. The molecule has 0 aromatic carbocycles. The summed E-state index contributed by atoms with van der Waals surface area (Å²) in [4.78, 5) is 24.1. The predicted molar refractivity (Wildman–Crippen MR) is 63.7 cm³/mol. The van der Waals surface area contributed by atoms with Crippen LogP contribution in [-0.2, 0) is 6.54 Å². The second kappa shape index (κ2) is 5.08. The molecule has 1 aromatic heterocycles. The van der Waals surface area contributed by atoms with Crippen molar-refractivity contribution in [3.05, 3.63) is 34.2 Å². The Balaban J connectivity index is 2.03. The summed E-state index contributed by atoms with van der Waals surface area (Å²) < 4.78 is 27.2. The van der Waals surface area contributed by atoms with Gasteiger partial charge in [0.15, 0.2) is 0 Å². The molecule has 0 bridgehead atoms. The summed E-state index contributed by atoms with van der Waals surface area (Å²) in [7, 11) is 0. The van der Waals surface area contributed by atoms with E-state index in [9.17, 15) is 18.4 Å². The third-order valence-electron chi connectivity index (χ3n) is 3.16. The van der Waals surface area contributed by atoms with Gasteiger partial charge >= 0.3 is 5.97 Å². The third kappa shape index (κ3) is 3.17. The average molecular weight is 272 g/mol. The predicted octanol–water partition coefficient (Wildman–Crippen LogP) is 0.888. The van der Waals surface area contributed by atoms with Gasteiger partial charge in [0.1, 0.15) is 5.56 Å². The lowest BCUT2D eigenvalue weighted by molar-refractivity contribution is 0.0119. The maximum absolute atomic E-state index is 13.0. The van der Waals surface area contributed by atoms with Crippen molar-refractivity contribution >= 4 is 5.97 Å². The lowest BCUT2D eigenvalue weighted by atomic mass is 10.3. The fourth-order valence-corrected chi connectivity index (χ4v) is 2.12. The minimum Gasteiger partial charge on any atom is -0.477 e. The van der Waals surface area contributed by atoms with Crippen molar-refractivity contribution in [3.63, 3.8) is 0 Å². The summed E-state index contributed by atoms with van der Waals surface area (Å²) in [5.41, 5.74) is -0.921. The Labute approximate surface area is 108 Å². The number of carboxylic acids is 1. The van der Waals surface area contributed by atoms with E-state index in [1.807, 2.05) is 0 Å². The van der Waals surface area contributed by atoms with E-state index in [4.69, 9.17) is 5.11 Å². The molecule has 0 amide bonds. The minimum atomic E-state index is -2.66. The zero-order valence-corrected chi connectivity index (χ0v) is 10.2. The summed E-state index contributed by atoms with van der Waals surface area (Å²) in [5, 5.41) is 8.82. The van der Waals surface area contributed by atoms with Crippen molar-refractivity contribution in [2.45, 2.75) is 18.9 Å². The monoisotopic (exact) mass is 272 g/mol. The Morgan fingerprint density at radius 2 is 2.16 bits per heavy atom. The molecule has 1 N–H and O–H groups in total.